The van der Waals surface area contributed by atoms with E-state index in [1.165, 1.54) is 11.4 Å². The van der Waals surface area contributed by atoms with Gasteiger partial charge in [-0.25, -0.2) is 0 Å². The number of nitrogens with two attached hydrogens (primary N) is 1. The molecule has 0 fully saturated rings. The van der Waals surface area contributed by atoms with Crippen LogP contribution in [-0.2, 0) is 0 Å². The van der Waals surface area contributed by atoms with Crippen molar-refractivity contribution in [2.75, 3.05) is 29.2 Å². The Balaban J connectivity index is 2.41. The standard InChI is InChI=1S/C10H14BrN3/c1-2-5-14-6-13-8-4-3-7(12)9(11)10(8)14/h3-4,13H,2,5-6,12H2,1H3. The number of anilines is 3. The molecule has 0 aromatic heterocycles. The zero-order chi connectivity index (χ0) is 10.1. The van der Waals surface area contributed by atoms with Crippen molar-refractivity contribution < 1.29 is 0 Å². The Morgan fingerprint density at radius 1 is 1.57 bits per heavy atom. The summed E-state index contributed by atoms with van der Waals surface area (Å²) in [6, 6.07) is 3.95. The van der Waals surface area contributed by atoms with E-state index in [1.54, 1.807) is 0 Å². The third kappa shape index (κ3) is 1.43. The number of halogens is 1. The molecule has 1 aliphatic rings. The minimum atomic E-state index is 0.800. The van der Waals surface area contributed by atoms with Crippen molar-refractivity contribution >= 4 is 33.0 Å². The van der Waals surface area contributed by atoms with Crippen LogP contribution in [0.4, 0.5) is 17.1 Å². The van der Waals surface area contributed by atoms with E-state index < -0.39 is 0 Å². The van der Waals surface area contributed by atoms with E-state index >= 15 is 0 Å². The second-order valence-corrected chi connectivity index (χ2v) is 4.26. The molecule has 0 radical (unpaired) electrons. The molecular formula is C10H14BrN3. The Morgan fingerprint density at radius 2 is 2.36 bits per heavy atom. The number of hydrogen-bond donors (Lipinski definition) is 2. The van der Waals surface area contributed by atoms with Crippen molar-refractivity contribution in [2.24, 2.45) is 0 Å². The first-order chi connectivity index (χ1) is 6.74. The summed E-state index contributed by atoms with van der Waals surface area (Å²) in [6.07, 6.45) is 1.14. The molecule has 3 nitrogen and oxygen atoms in total. The van der Waals surface area contributed by atoms with Gasteiger partial charge in [-0.05, 0) is 34.5 Å². The van der Waals surface area contributed by atoms with Crippen molar-refractivity contribution in [2.45, 2.75) is 13.3 Å². The maximum absolute atomic E-state index is 5.85. The molecule has 0 bridgehead atoms. The second-order valence-electron chi connectivity index (χ2n) is 3.46. The van der Waals surface area contributed by atoms with Crippen LogP contribution in [0.2, 0.25) is 0 Å². The summed E-state index contributed by atoms with van der Waals surface area (Å²) in [5.41, 5.74) is 9.02. The van der Waals surface area contributed by atoms with Crippen LogP contribution in [0.3, 0.4) is 0 Å². The molecular weight excluding hydrogens is 242 g/mol. The minimum Gasteiger partial charge on any atom is -0.398 e. The summed E-state index contributed by atoms with van der Waals surface area (Å²) in [7, 11) is 0. The largest absolute Gasteiger partial charge is 0.398 e. The Hall–Kier alpha value is -0.900. The van der Waals surface area contributed by atoms with Crippen LogP contribution in [0, 0.1) is 0 Å². The Labute approximate surface area is 92.4 Å². The summed E-state index contributed by atoms with van der Waals surface area (Å²) in [5, 5.41) is 3.34. The number of nitrogens with one attached hydrogen (secondary N) is 1. The zero-order valence-corrected chi connectivity index (χ0v) is 9.76. The summed E-state index contributed by atoms with van der Waals surface area (Å²) in [5.74, 6) is 0. The molecule has 0 saturated heterocycles. The van der Waals surface area contributed by atoms with Gasteiger partial charge < -0.3 is 16.0 Å². The fraction of sp³-hybridized carbons (Fsp3) is 0.400. The lowest BCUT2D eigenvalue weighted by Crippen LogP contribution is -2.23. The van der Waals surface area contributed by atoms with Gasteiger partial charge in [0.15, 0.2) is 0 Å². The average molecular weight is 256 g/mol. The molecule has 0 aliphatic carbocycles. The third-order valence-electron chi connectivity index (χ3n) is 2.42. The Kier molecular flexibility index (Phi) is 2.54. The predicted molar refractivity (Wildman–Crippen MR) is 64.7 cm³/mol. The van der Waals surface area contributed by atoms with Crippen molar-refractivity contribution in [1.29, 1.82) is 0 Å². The van der Waals surface area contributed by atoms with Gasteiger partial charge in [-0.3, -0.25) is 0 Å². The molecule has 14 heavy (non-hydrogen) atoms. The molecule has 1 aromatic carbocycles. The van der Waals surface area contributed by atoms with Crippen molar-refractivity contribution in [3.63, 3.8) is 0 Å². The molecule has 0 saturated carbocycles. The predicted octanol–water partition coefficient (Wildman–Crippen LogP) is 2.63. The fourth-order valence-electron chi connectivity index (χ4n) is 1.75. The monoisotopic (exact) mass is 255 g/mol. The summed E-state index contributed by atoms with van der Waals surface area (Å²) >= 11 is 3.53. The van der Waals surface area contributed by atoms with E-state index in [9.17, 15) is 0 Å². The molecule has 3 N–H and O–H groups in total. The number of benzene rings is 1. The van der Waals surface area contributed by atoms with Gasteiger partial charge in [0.05, 0.1) is 22.5 Å². The van der Waals surface area contributed by atoms with Gasteiger partial charge in [0, 0.05) is 12.2 Å². The van der Waals surface area contributed by atoms with E-state index in [1.807, 2.05) is 12.1 Å². The van der Waals surface area contributed by atoms with Gasteiger partial charge in [0.2, 0.25) is 0 Å². The molecule has 1 aromatic rings. The molecule has 76 valence electrons. The normalized spacial score (nSPS) is 14.0. The lowest BCUT2D eigenvalue weighted by atomic mass is 10.2. The minimum absolute atomic E-state index is 0.800. The molecule has 0 spiro atoms. The van der Waals surface area contributed by atoms with E-state index in [0.29, 0.717) is 0 Å². The number of rotatable bonds is 2. The first-order valence-corrected chi connectivity index (χ1v) is 5.60. The highest BCUT2D eigenvalue weighted by atomic mass is 79.9. The molecule has 0 amide bonds. The first kappa shape index (κ1) is 9.65. The van der Waals surface area contributed by atoms with Crippen LogP contribution >= 0.6 is 15.9 Å². The topological polar surface area (TPSA) is 41.3 Å². The van der Waals surface area contributed by atoms with E-state index in [4.69, 9.17) is 5.73 Å². The molecule has 0 atom stereocenters. The van der Waals surface area contributed by atoms with Crippen LogP contribution in [0.1, 0.15) is 13.3 Å². The van der Waals surface area contributed by atoms with Crippen LogP contribution in [-0.4, -0.2) is 13.2 Å². The molecule has 4 heteroatoms. The average Bonchev–Trinajstić information content (AvgIpc) is 2.57. The zero-order valence-electron chi connectivity index (χ0n) is 8.18. The summed E-state index contributed by atoms with van der Waals surface area (Å²) in [6.45, 7) is 4.12. The second kappa shape index (κ2) is 3.69. The third-order valence-corrected chi connectivity index (χ3v) is 3.25. The molecule has 2 rings (SSSR count). The maximum atomic E-state index is 5.85. The van der Waals surface area contributed by atoms with Gasteiger partial charge >= 0.3 is 0 Å². The first-order valence-electron chi connectivity index (χ1n) is 4.81. The van der Waals surface area contributed by atoms with Crippen LogP contribution in [0.15, 0.2) is 16.6 Å². The number of hydrogen-bond acceptors (Lipinski definition) is 3. The van der Waals surface area contributed by atoms with Gasteiger partial charge in [-0.2, -0.15) is 0 Å². The van der Waals surface area contributed by atoms with Crippen molar-refractivity contribution in [1.82, 2.24) is 0 Å². The maximum Gasteiger partial charge on any atom is 0.0877 e. The highest BCUT2D eigenvalue weighted by Crippen LogP contribution is 2.41. The number of nitrogen functional groups attached to an aromatic ring is 1. The summed E-state index contributed by atoms with van der Waals surface area (Å²) in [4.78, 5) is 2.30. The van der Waals surface area contributed by atoms with Gasteiger partial charge in [0.1, 0.15) is 0 Å². The number of fused-ring (bicyclic) bond motifs is 1. The Bertz CT molecular complexity index is 349. The quantitative estimate of drug-likeness (QED) is 0.799. The van der Waals surface area contributed by atoms with Crippen molar-refractivity contribution in [3.8, 4) is 0 Å². The van der Waals surface area contributed by atoms with E-state index in [0.717, 1.165) is 29.8 Å². The smallest absolute Gasteiger partial charge is 0.0877 e. The fourth-order valence-corrected chi connectivity index (χ4v) is 2.35. The lowest BCUT2D eigenvalue weighted by molar-refractivity contribution is 0.819. The Morgan fingerprint density at radius 3 is 3.07 bits per heavy atom. The highest BCUT2D eigenvalue weighted by molar-refractivity contribution is 9.10. The highest BCUT2D eigenvalue weighted by Gasteiger charge is 2.21. The SMILES string of the molecule is CCCN1CNc2ccc(N)c(Br)c21. The van der Waals surface area contributed by atoms with Crippen LogP contribution in [0.5, 0.6) is 0 Å². The number of nitrogens with zero attached hydrogens (tertiary/aromatic N) is 1. The van der Waals surface area contributed by atoms with Gasteiger partial charge in [-0.1, -0.05) is 6.92 Å². The summed E-state index contributed by atoms with van der Waals surface area (Å²) < 4.78 is 1.01. The molecule has 1 heterocycles. The van der Waals surface area contributed by atoms with Crippen LogP contribution < -0.4 is 16.0 Å². The lowest BCUT2D eigenvalue weighted by Gasteiger charge is -2.18. The molecule has 1 aliphatic heterocycles. The van der Waals surface area contributed by atoms with Gasteiger partial charge in [0.25, 0.3) is 0 Å². The molecule has 0 unspecified atom stereocenters. The van der Waals surface area contributed by atoms with E-state index in [-0.39, 0.29) is 0 Å². The van der Waals surface area contributed by atoms with Crippen LogP contribution in [0.25, 0.3) is 0 Å². The van der Waals surface area contributed by atoms with E-state index in [2.05, 4.69) is 33.1 Å². The van der Waals surface area contributed by atoms with Gasteiger partial charge in [-0.15, -0.1) is 0 Å². The van der Waals surface area contributed by atoms with Crippen molar-refractivity contribution in [3.05, 3.63) is 16.6 Å².